The molecule has 1 fully saturated rings. The second-order valence-corrected chi connectivity index (χ2v) is 5.55. The van der Waals surface area contributed by atoms with Crippen LogP contribution in [-0.2, 0) is 4.74 Å². The lowest BCUT2D eigenvalue weighted by Gasteiger charge is -2.35. The molecule has 1 unspecified atom stereocenters. The average molecular weight is 312 g/mol. The van der Waals surface area contributed by atoms with Crippen LogP contribution in [0, 0.1) is 0 Å². The Balaban J connectivity index is 1.79. The van der Waals surface area contributed by atoms with Gasteiger partial charge in [-0.05, 0) is 30.0 Å². The highest BCUT2D eigenvalue weighted by Crippen LogP contribution is 2.27. The summed E-state index contributed by atoms with van der Waals surface area (Å²) in [5.41, 5.74) is 1.23. The minimum absolute atomic E-state index is 0.0603. The third-order valence-corrected chi connectivity index (χ3v) is 3.91. The van der Waals surface area contributed by atoms with Crippen molar-refractivity contribution < 1.29 is 4.74 Å². The summed E-state index contributed by atoms with van der Waals surface area (Å²) in [6.45, 7) is 2.12. The number of hydrogen-bond acceptors (Lipinski definition) is 4. The first-order chi connectivity index (χ1) is 9.74. The molecule has 6 heteroatoms. The Bertz CT molecular complexity index is 559. The quantitative estimate of drug-likeness (QED) is 0.786. The molecule has 0 radical (unpaired) electrons. The molecular weight excluding hydrogens is 297 g/mol. The predicted octanol–water partition coefficient (Wildman–Crippen LogP) is 3.27. The summed E-state index contributed by atoms with van der Waals surface area (Å²) in [6.07, 6.45) is 10.3. The maximum atomic E-state index is 6.17. The Kier molecular flexibility index (Phi) is 4.24. The van der Waals surface area contributed by atoms with E-state index in [1.165, 1.54) is 11.8 Å². The maximum Gasteiger partial charge on any atom is 0.224 e. The molecule has 1 saturated heterocycles. The van der Waals surface area contributed by atoms with Crippen LogP contribution >= 0.6 is 23.2 Å². The zero-order valence-corrected chi connectivity index (χ0v) is 12.4. The van der Waals surface area contributed by atoms with E-state index >= 15 is 0 Å². The molecule has 106 valence electrons. The lowest BCUT2D eigenvalue weighted by molar-refractivity contribution is 0.0657. The largest absolute Gasteiger partial charge is 0.370 e. The number of morpholine rings is 1. The highest BCUT2D eigenvalue weighted by atomic mass is 35.5. The highest BCUT2D eigenvalue weighted by Gasteiger charge is 2.25. The van der Waals surface area contributed by atoms with Crippen molar-refractivity contribution in [3.8, 4) is 0 Å². The van der Waals surface area contributed by atoms with Gasteiger partial charge in [0.15, 0.2) is 5.82 Å². The summed E-state index contributed by atoms with van der Waals surface area (Å²) in [5, 5.41) is 0.729. The number of ether oxygens (including phenoxy) is 1. The van der Waals surface area contributed by atoms with E-state index in [0.29, 0.717) is 17.4 Å². The fourth-order valence-electron chi connectivity index (χ4n) is 2.47. The predicted molar refractivity (Wildman–Crippen MR) is 80.5 cm³/mol. The summed E-state index contributed by atoms with van der Waals surface area (Å²) in [5.74, 6) is 0.681. The lowest BCUT2D eigenvalue weighted by Crippen LogP contribution is -2.43. The van der Waals surface area contributed by atoms with Crippen molar-refractivity contribution in [2.75, 3.05) is 24.6 Å². The van der Waals surface area contributed by atoms with Gasteiger partial charge in [0.25, 0.3) is 0 Å². The maximum absolute atomic E-state index is 6.17. The van der Waals surface area contributed by atoms with Gasteiger partial charge in [-0.15, -0.1) is 0 Å². The first kappa shape index (κ1) is 13.9. The van der Waals surface area contributed by atoms with E-state index in [1.807, 2.05) is 0 Å². The molecule has 1 aromatic heterocycles. The number of halogens is 2. The van der Waals surface area contributed by atoms with Crippen LogP contribution in [0.5, 0.6) is 0 Å². The van der Waals surface area contributed by atoms with Crippen molar-refractivity contribution in [2.24, 2.45) is 0 Å². The van der Waals surface area contributed by atoms with Crippen LogP contribution in [0.25, 0.3) is 0 Å². The third-order valence-electron chi connectivity index (χ3n) is 3.46. The molecule has 0 N–H and O–H groups in total. The van der Waals surface area contributed by atoms with E-state index in [2.05, 4.69) is 33.1 Å². The first-order valence-electron chi connectivity index (χ1n) is 6.65. The van der Waals surface area contributed by atoms with E-state index < -0.39 is 0 Å². The van der Waals surface area contributed by atoms with Gasteiger partial charge in [0.05, 0.1) is 18.9 Å². The zero-order valence-electron chi connectivity index (χ0n) is 10.9. The summed E-state index contributed by atoms with van der Waals surface area (Å²) >= 11 is 12.0. The van der Waals surface area contributed by atoms with Crippen LogP contribution in [0.15, 0.2) is 30.0 Å². The SMILES string of the molecule is Clc1ncc(Cl)c(N2CCOC(C3=CCCC=C3)C2)n1. The molecular formula is C14H15Cl2N3O. The van der Waals surface area contributed by atoms with E-state index in [9.17, 15) is 0 Å². The fourth-order valence-corrected chi connectivity index (χ4v) is 2.81. The second-order valence-electron chi connectivity index (χ2n) is 4.80. The molecule has 20 heavy (non-hydrogen) atoms. The third kappa shape index (κ3) is 2.97. The van der Waals surface area contributed by atoms with Crippen molar-refractivity contribution in [3.63, 3.8) is 0 Å². The molecule has 1 aliphatic carbocycles. The minimum atomic E-state index is 0.0603. The minimum Gasteiger partial charge on any atom is -0.370 e. The molecule has 0 amide bonds. The lowest BCUT2D eigenvalue weighted by atomic mass is 10.0. The molecule has 1 aliphatic heterocycles. The number of anilines is 1. The van der Waals surface area contributed by atoms with Crippen molar-refractivity contribution >= 4 is 29.0 Å². The van der Waals surface area contributed by atoms with Crippen LogP contribution in [0.2, 0.25) is 10.3 Å². The Morgan fingerprint density at radius 2 is 2.20 bits per heavy atom. The van der Waals surface area contributed by atoms with Crippen LogP contribution in [0.3, 0.4) is 0 Å². The number of rotatable bonds is 2. The monoisotopic (exact) mass is 311 g/mol. The zero-order chi connectivity index (χ0) is 13.9. The van der Waals surface area contributed by atoms with Gasteiger partial charge >= 0.3 is 0 Å². The van der Waals surface area contributed by atoms with Crippen LogP contribution < -0.4 is 4.90 Å². The molecule has 0 saturated carbocycles. The van der Waals surface area contributed by atoms with Crippen molar-refractivity contribution in [2.45, 2.75) is 18.9 Å². The Labute approximate surface area is 128 Å². The second kappa shape index (κ2) is 6.12. The molecule has 4 nitrogen and oxygen atoms in total. The van der Waals surface area contributed by atoms with E-state index in [0.717, 1.165) is 25.9 Å². The summed E-state index contributed by atoms with van der Waals surface area (Å²) in [4.78, 5) is 10.2. The van der Waals surface area contributed by atoms with Crippen LogP contribution in [0.4, 0.5) is 5.82 Å². The van der Waals surface area contributed by atoms with Gasteiger partial charge in [0, 0.05) is 13.1 Å². The van der Waals surface area contributed by atoms with Crippen molar-refractivity contribution in [1.82, 2.24) is 9.97 Å². The standard InChI is InChI=1S/C14H15Cl2N3O/c15-11-8-17-14(16)18-13(11)19-6-7-20-12(9-19)10-4-2-1-3-5-10/h2,4-5,8,12H,1,3,6-7,9H2. The number of allylic oxidation sites excluding steroid dienone is 2. The van der Waals surface area contributed by atoms with Gasteiger partial charge in [-0.2, -0.15) is 4.98 Å². The summed E-state index contributed by atoms with van der Waals surface area (Å²) in [6, 6.07) is 0. The smallest absolute Gasteiger partial charge is 0.224 e. The molecule has 1 atom stereocenters. The van der Waals surface area contributed by atoms with Crippen LogP contribution in [0.1, 0.15) is 12.8 Å². The molecule has 2 aliphatic rings. The van der Waals surface area contributed by atoms with Gasteiger partial charge in [-0.1, -0.05) is 29.8 Å². The molecule has 0 aromatic carbocycles. The van der Waals surface area contributed by atoms with E-state index in [-0.39, 0.29) is 11.4 Å². The van der Waals surface area contributed by atoms with Crippen molar-refractivity contribution in [1.29, 1.82) is 0 Å². The molecule has 2 heterocycles. The first-order valence-corrected chi connectivity index (χ1v) is 7.41. The Morgan fingerprint density at radius 3 is 3.00 bits per heavy atom. The average Bonchev–Trinajstić information content (AvgIpc) is 2.51. The Morgan fingerprint density at radius 1 is 1.30 bits per heavy atom. The molecule has 0 bridgehead atoms. The number of nitrogens with zero attached hydrogens (tertiary/aromatic N) is 3. The number of aromatic nitrogens is 2. The van der Waals surface area contributed by atoms with E-state index in [1.54, 1.807) is 0 Å². The Hall–Kier alpha value is -1.10. The van der Waals surface area contributed by atoms with Crippen LogP contribution in [-0.4, -0.2) is 35.8 Å². The highest BCUT2D eigenvalue weighted by molar-refractivity contribution is 6.33. The van der Waals surface area contributed by atoms with Gasteiger partial charge in [0.1, 0.15) is 5.02 Å². The van der Waals surface area contributed by atoms with Gasteiger partial charge in [-0.25, -0.2) is 4.98 Å². The molecule has 1 aromatic rings. The fraction of sp³-hybridized carbons (Fsp3) is 0.429. The molecule has 3 rings (SSSR count). The van der Waals surface area contributed by atoms with Gasteiger partial charge in [0.2, 0.25) is 5.28 Å². The van der Waals surface area contributed by atoms with Gasteiger partial charge < -0.3 is 9.64 Å². The topological polar surface area (TPSA) is 38.2 Å². The van der Waals surface area contributed by atoms with Gasteiger partial charge in [-0.3, -0.25) is 0 Å². The summed E-state index contributed by atoms with van der Waals surface area (Å²) in [7, 11) is 0. The number of hydrogen-bond donors (Lipinski definition) is 0. The molecule has 0 spiro atoms. The van der Waals surface area contributed by atoms with Crippen molar-refractivity contribution in [3.05, 3.63) is 40.3 Å². The summed E-state index contributed by atoms with van der Waals surface area (Å²) < 4.78 is 5.86. The normalized spacial score (nSPS) is 22.8. The van der Waals surface area contributed by atoms with E-state index in [4.69, 9.17) is 27.9 Å².